The lowest BCUT2D eigenvalue weighted by atomic mass is 10.0. The number of benzene rings is 1. The summed E-state index contributed by atoms with van der Waals surface area (Å²) >= 11 is 0. The van der Waals surface area contributed by atoms with E-state index in [1.165, 1.54) is 21.8 Å². The summed E-state index contributed by atoms with van der Waals surface area (Å²) in [6, 6.07) is 1.46. The number of amides is 3. The van der Waals surface area contributed by atoms with Gasteiger partial charge in [-0.1, -0.05) is 44.2 Å². The zero-order chi connectivity index (χ0) is 34.1. The lowest BCUT2D eigenvalue weighted by Crippen LogP contribution is -2.56. The number of ether oxygens (including phenoxy) is 1. The minimum Gasteiger partial charge on any atom is -0.479 e. The van der Waals surface area contributed by atoms with Crippen molar-refractivity contribution in [3.63, 3.8) is 0 Å². The van der Waals surface area contributed by atoms with Crippen molar-refractivity contribution < 1.29 is 42.2 Å². The fourth-order valence-corrected chi connectivity index (χ4v) is 6.40. The van der Waals surface area contributed by atoms with Gasteiger partial charge in [0.15, 0.2) is 0 Å². The fraction of sp³-hybridized carbons (Fsp3) is 0.645. The van der Waals surface area contributed by atoms with Crippen LogP contribution in [0.25, 0.3) is 11.4 Å². The predicted octanol–water partition coefficient (Wildman–Crippen LogP) is 4.10. The van der Waals surface area contributed by atoms with Crippen molar-refractivity contribution >= 4 is 23.9 Å². The molecule has 5 atom stereocenters. The van der Waals surface area contributed by atoms with Crippen LogP contribution in [0.15, 0.2) is 24.3 Å². The van der Waals surface area contributed by atoms with Gasteiger partial charge in [0.2, 0.25) is 17.6 Å². The summed E-state index contributed by atoms with van der Waals surface area (Å²) in [6.45, 7) is 5.03. The molecule has 13 nitrogen and oxygen atoms in total. The van der Waals surface area contributed by atoms with Gasteiger partial charge in [-0.05, 0) is 63.3 Å². The summed E-state index contributed by atoms with van der Waals surface area (Å²) in [4.78, 5) is 55.6. The molecule has 2 aliphatic heterocycles. The molecule has 2 saturated heterocycles. The van der Waals surface area contributed by atoms with Gasteiger partial charge in [0.25, 0.3) is 0 Å². The number of alkyl carbamates (subject to hydrolysis) is 1. The summed E-state index contributed by atoms with van der Waals surface area (Å²) in [5.74, 6) is -2.47. The van der Waals surface area contributed by atoms with Crippen LogP contribution in [-0.2, 0) is 25.3 Å². The minimum absolute atomic E-state index is 0.0138. The number of nitrogens with zero attached hydrogens (tertiary/aromatic N) is 5. The largest absolute Gasteiger partial charge is 0.479 e. The number of carboxylic acid groups (broad SMARTS) is 1. The second-order valence-electron chi connectivity index (χ2n) is 13.6. The van der Waals surface area contributed by atoms with Crippen LogP contribution in [0.2, 0.25) is 0 Å². The maximum absolute atomic E-state index is 14.1. The van der Waals surface area contributed by atoms with Gasteiger partial charge in [0.05, 0.1) is 11.6 Å². The van der Waals surface area contributed by atoms with Crippen molar-refractivity contribution in [3.8, 4) is 11.4 Å². The average molecular weight is 664 g/mol. The van der Waals surface area contributed by atoms with Gasteiger partial charge >= 0.3 is 18.2 Å². The first-order valence-electron chi connectivity index (χ1n) is 15.9. The molecule has 3 fully saturated rings. The molecule has 3 amide bonds. The number of hydrogen-bond donors (Lipinski definition) is 3. The Bertz CT molecular complexity index is 1490. The van der Waals surface area contributed by atoms with Crippen LogP contribution < -0.4 is 10.6 Å². The Morgan fingerprint density at radius 2 is 1.70 bits per heavy atom. The molecule has 0 bridgehead atoms. The summed E-state index contributed by atoms with van der Waals surface area (Å²) < 4.78 is 44.5. The van der Waals surface area contributed by atoms with E-state index in [0.29, 0.717) is 25.7 Å². The van der Waals surface area contributed by atoms with Gasteiger partial charge in [-0.2, -0.15) is 18.0 Å². The molecule has 16 heteroatoms. The number of carbonyl (C=O) groups is 4. The monoisotopic (exact) mass is 663 g/mol. The first kappa shape index (κ1) is 34.1. The Labute approximate surface area is 269 Å². The molecule has 47 heavy (non-hydrogen) atoms. The molecule has 3 N–H and O–H groups in total. The molecule has 5 rings (SSSR count). The minimum atomic E-state index is -4.51. The maximum atomic E-state index is 14.1. The summed E-state index contributed by atoms with van der Waals surface area (Å²) in [5, 5.41) is 27.9. The second kappa shape index (κ2) is 13.1. The zero-order valence-electron chi connectivity index (χ0n) is 26.5. The van der Waals surface area contributed by atoms with Gasteiger partial charge in [-0.15, -0.1) is 10.2 Å². The van der Waals surface area contributed by atoms with Crippen molar-refractivity contribution in [1.82, 2.24) is 35.7 Å². The SMILES string of the molecule is CC(C)(C)OC(=O)N[C@@H]1CCCCCCC[C@H]2C[C@]2(C(=O)O)NC(=O)[C@@H]2CC(n3nnc(-c4ccc(C(F)(F)F)cc4)n3)CN2C1=O. The highest BCUT2D eigenvalue weighted by atomic mass is 19.4. The molecule has 1 aliphatic carbocycles. The van der Waals surface area contributed by atoms with Gasteiger partial charge in [-0.3, -0.25) is 9.59 Å². The number of carboxylic acids is 1. The second-order valence-corrected chi connectivity index (χ2v) is 13.6. The van der Waals surface area contributed by atoms with Crippen LogP contribution in [-0.4, -0.2) is 83.9 Å². The number of alkyl halides is 3. The molecule has 2 aromatic rings. The number of fused-ring (bicyclic) bond motifs is 2. The lowest BCUT2D eigenvalue weighted by Gasteiger charge is -2.30. The summed E-state index contributed by atoms with van der Waals surface area (Å²) in [6.07, 6.45) is -0.0319. The number of halogens is 3. The average Bonchev–Trinajstić information content (AvgIpc) is 3.31. The van der Waals surface area contributed by atoms with Crippen LogP contribution in [0.1, 0.15) is 90.2 Å². The van der Waals surface area contributed by atoms with Crippen molar-refractivity contribution in [3.05, 3.63) is 29.8 Å². The Morgan fingerprint density at radius 1 is 1.04 bits per heavy atom. The highest BCUT2D eigenvalue weighted by molar-refractivity contribution is 5.95. The highest BCUT2D eigenvalue weighted by Gasteiger charge is 2.62. The molecule has 3 aliphatic rings. The van der Waals surface area contributed by atoms with Gasteiger partial charge < -0.3 is 25.4 Å². The molecule has 0 spiro atoms. The molecular weight excluding hydrogens is 623 g/mol. The maximum Gasteiger partial charge on any atom is 0.416 e. The topological polar surface area (TPSA) is 169 Å². The van der Waals surface area contributed by atoms with E-state index in [-0.39, 0.29) is 30.3 Å². The fourth-order valence-electron chi connectivity index (χ4n) is 6.40. The summed E-state index contributed by atoms with van der Waals surface area (Å²) in [7, 11) is 0. The van der Waals surface area contributed by atoms with E-state index < -0.39 is 64.9 Å². The number of carbonyl (C=O) groups excluding carboxylic acids is 3. The van der Waals surface area contributed by atoms with Gasteiger partial charge in [0, 0.05) is 18.5 Å². The number of aliphatic carboxylic acids is 1. The predicted molar refractivity (Wildman–Crippen MR) is 160 cm³/mol. The third kappa shape index (κ3) is 7.84. The smallest absolute Gasteiger partial charge is 0.416 e. The first-order chi connectivity index (χ1) is 22.1. The van der Waals surface area contributed by atoms with E-state index in [1.807, 2.05) is 0 Å². The van der Waals surface area contributed by atoms with E-state index in [0.717, 1.165) is 37.8 Å². The Morgan fingerprint density at radius 3 is 2.34 bits per heavy atom. The van der Waals surface area contributed by atoms with E-state index >= 15 is 0 Å². The number of rotatable bonds is 4. The van der Waals surface area contributed by atoms with Gasteiger partial charge in [0.1, 0.15) is 23.2 Å². The number of nitrogens with one attached hydrogen (secondary N) is 2. The number of hydrogen-bond acceptors (Lipinski definition) is 8. The van der Waals surface area contributed by atoms with Crippen molar-refractivity contribution in [2.75, 3.05) is 6.54 Å². The van der Waals surface area contributed by atoms with Crippen LogP contribution >= 0.6 is 0 Å². The standard InChI is InChI=1S/C31H40F3N7O6/c1-29(2,3)47-28(46)35-22-10-8-6-4-5-7-9-20-16-30(20,27(44)45)36-25(42)23-15-21(17-40(23)26(22)43)41-38-24(37-39-41)18-11-13-19(14-12-18)31(32,33)34/h11-14,20-23H,4-10,15-17H2,1-3H3,(H,35,46)(H,36,42)(H,44,45)/t20-,21?,22+,23-,30-/m0/s1. The zero-order valence-corrected chi connectivity index (χ0v) is 26.5. The van der Waals surface area contributed by atoms with Crippen LogP contribution in [0.4, 0.5) is 18.0 Å². The third-order valence-corrected chi connectivity index (χ3v) is 8.96. The van der Waals surface area contributed by atoms with E-state index in [1.54, 1.807) is 20.8 Å². The van der Waals surface area contributed by atoms with E-state index in [4.69, 9.17) is 4.74 Å². The lowest BCUT2D eigenvalue weighted by molar-refractivity contribution is -0.146. The number of aromatic nitrogens is 4. The highest BCUT2D eigenvalue weighted by Crippen LogP contribution is 2.47. The van der Waals surface area contributed by atoms with E-state index in [9.17, 15) is 37.5 Å². The normalized spacial score (nSPS) is 27.5. The third-order valence-electron chi connectivity index (χ3n) is 8.96. The van der Waals surface area contributed by atoms with E-state index in [2.05, 4.69) is 26.0 Å². The quantitative estimate of drug-likeness (QED) is 0.436. The van der Waals surface area contributed by atoms with Crippen molar-refractivity contribution in [1.29, 1.82) is 0 Å². The Hall–Kier alpha value is -4.24. The molecule has 0 radical (unpaired) electrons. The molecule has 256 valence electrons. The number of tetrazole rings is 1. The Balaban J connectivity index is 1.42. The molecule has 3 heterocycles. The molecular formula is C31H40F3N7O6. The Kier molecular flexibility index (Phi) is 9.51. The van der Waals surface area contributed by atoms with Crippen LogP contribution in [0, 0.1) is 5.92 Å². The molecule has 1 aromatic heterocycles. The van der Waals surface area contributed by atoms with Crippen molar-refractivity contribution in [2.45, 2.75) is 114 Å². The van der Waals surface area contributed by atoms with Crippen LogP contribution in [0.5, 0.6) is 0 Å². The molecule has 1 unspecified atom stereocenters. The van der Waals surface area contributed by atoms with Crippen LogP contribution in [0.3, 0.4) is 0 Å². The summed E-state index contributed by atoms with van der Waals surface area (Å²) in [5.41, 5.74) is -2.77. The molecule has 1 saturated carbocycles. The first-order valence-corrected chi connectivity index (χ1v) is 15.9. The van der Waals surface area contributed by atoms with Gasteiger partial charge in [-0.25, -0.2) is 9.59 Å². The molecule has 1 aromatic carbocycles. The van der Waals surface area contributed by atoms with Crippen molar-refractivity contribution in [2.24, 2.45) is 5.92 Å².